The second-order valence-corrected chi connectivity index (χ2v) is 8.06. The van der Waals surface area contributed by atoms with E-state index in [2.05, 4.69) is 6.92 Å². The normalized spacial score (nSPS) is 47.4. The summed E-state index contributed by atoms with van der Waals surface area (Å²) in [6.07, 6.45) is 11.6. The summed E-state index contributed by atoms with van der Waals surface area (Å²) in [4.78, 5) is 0. The molecule has 0 amide bonds. The molecule has 4 aliphatic carbocycles. The van der Waals surface area contributed by atoms with E-state index in [0.29, 0.717) is 23.2 Å². The van der Waals surface area contributed by atoms with Crippen molar-refractivity contribution in [3.05, 3.63) is 0 Å². The first-order valence-electron chi connectivity index (χ1n) is 8.83. The lowest BCUT2D eigenvalue weighted by Crippen LogP contribution is -2.49. The summed E-state index contributed by atoms with van der Waals surface area (Å²) < 4.78 is 28.7. The van der Waals surface area contributed by atoms with Crippen molar-refractivity contribution in [3.8, 4) is 0 Å². The molecule has 0 aromatic heterocycles. The molecule has 4 aliphatic rings. The molecule has 4 rings (SSSR count). The van der Waals surface area contributed by atoms with Gasteiger partial charge < -0.3 is 0 Å². The zero-order valence-electron chi connectivity index (χ0n) is 13.2. The van der Waals surface area contributed by atoms with Crippen LogP contribution in [0.15, 0.2) is 0 Å². The van der Waals surface area contributed by atoms with Crippen molar-refractivity contribution in [1.29, 1.82) is 0 Å². The lowest BCUT2D eigenvalue weighted by atomic mass is 9.47. The number of fused-ring (bicyclic) bond motifs is 3. The third-order valence-electron chi connectivity index (χ3n) is 7.55. The highest BCUT2D eigenvalue weighted by molar-refractivity contribution is 5.04. The topological polar surface area (TPSA) is 0 Å². The maximum absolute atomic E-state index is 14.3. The molecule has 2 unspecified atom stereocenters. The lowest BCUT2D eigenvalue weighted by molar-refractivity contribution is -0.146. The monoisotopic (exact) mass is 284 g/mol. The van der Waals surface area contributed by atoms with E-state index in [0.717, 1.165) is 12.8 Å². The fourth-order valence-corrected chi connectivity index (χ4v) is 5.67. The molecule has 116 valence electrons. The van der Waals surface area contributed by atoms with Crippen LogP contribution in [-0.4, -0.2) is 5.92 Å². The minimum atomic E-state index is -2.40. The predicted octanol–water partition coefficient (Wildman–Crippen LogP) is 6.20. The quantitative estimate of drug-likeness (QED) is 0.579. The minimum absolute atomic E-state index is 0.185. The summed E-state index contributed by atoms with van der Waals surface area (Å²) in [5.74, 6) is -2.45. The Morgan fingerprint density at radius 1 is 0.900 bits per heavy atom. The van der Waals surface area contributed by atoms with Gasteiger partial charge in [-0.05, 0) is 74.5 Å². The summed E-state index contributed by atoms with van der Waals surface area (Å²) in [5, 5.41) is 0. The predicted molar refractivity (Wildman–Crippen MR) is 78.9 cm³/mol. The van der Waals surface area contributed by atoms with E-state index in [-0.39, 0.29) is 12.3 Å². The smallest absolute Gasteiger partial charge is 0.207 e. The SMILES string of the molecule is CCC1CCC(C23CCC(CC)(CC2)CC3)CC1(F)F. The summed E-state index contributed by atoms with van der Waals surface area (Å²) in [5.41, 5.74) is 0.879. The summed E-state index contributed by atoms with van der Waals surface area (Å²) >= 11 is 0. The van der Waals surface area contributed by atoms with Gasteiger partial charge in [0.2, 0.25) is 0 Å². The Morgan fingerprint density at radius 3 is 1.95 bits per heavy atom. The van der Waals surface area contributed by atoms with Crippen molar-refractivity contribution < 1.29 is 8.78 Å². The van der Waals surface area contributed by atoms with Crippen LogP contribution < -0.4 is 0 Å². The van der Waals surface area contributed by atoms with Crippen molar-refractivity contribution in [2.45, 2.75) is 90.4 Å². The second kappa shape index (κ2) is 4.95. The van der Waals surface area contributed by atoms with Gasteiger partial charge in [-0.2, -0.15) is 0 Å². The van der Waals surface area contributed by atoms with Gasteiger partial charge in [0.05, 0.1) is 0 Å². The van der Waals surface area contributed by atoms with Crippen LogP contribution in [0.5, 0.6) is 0 Å². The zero-order chi connectivity index (χ0) is 14.4. The number of hydrogen-bond acceptors (Lipinski definition) is 0. The molecule has 0 aliphatic heterocycles. The number of rotatable bonds is 3. The molecule has 2 bridgehead atoms. The molecule has 4 fully saturated rings. The van der Waals surface area contributed by atoms with Gasteiger partial charge in [0.25, 0.3) is 5.92 Å². The number of alkyl halides is 2. The van der Waals surface area contributed by atoms with E-state index in [1.165, 1.54) is 44.9 Å². The first-order valence-corrected chi connectivity index (χ1v) is 8.83. The molecule has 0 heterocycles. The van der Waals surface area contributed by atoms with Gasteiger partial charge in [-0.1, -0.05) is 20.3 Å². The molecule has 0 nitrogen and oxygen atoms in total. The first-order chi connectivity index (χ1) is 9.45. The van der Waals surface area contributed by atoms with Crippen molar-refractivity contribution in [2.75, 3.05) is 0 Å². The standard InChI is InChI=1S/C18H30F2/c1-3-14-5-6-15(13-18(14,19)20)17-10-7-16(4-2,8-11-17)9-12-17/h14-15H,3-13H2,1-2H3. The Hall–Kier alpha value is -0.140. The van der Waals surface area contributed by atoms with E-state index in [9.17, 15) is 8.78 Å². The van der Waals surface area contributed by atoms with Crippen molar-refractivity contribution >= 4 is 0 Å². The Bertz CT molecular complexity index is 336. The molecule has 0 N–H and O–H groups in total. The average molecular weight is 284 g/mol. The highest BCUT2D eigenvalue weighted by Gasteiger charge is 2.55. The van der Waals surface area contributed by atoms with Crippen molar-refractivity contribution in [1.82, 2.24) is 0 Å². The zero-order valence-corrected chi connectivity index (χ0v) is 13.2. The third kappa shape index (κ3) is 2.22. The molecular weight excluding hydrogens is 254 g/mol. The van der Waals surface area contributed by atoms with Crippen LogP contribution in [0.25, 0.3) is 0 Å². The largest absolute Gasteiger partial charge is 0.251 e. The Morgan fingerprint density at radius 2 is 1.50 bits per heavy atom. The van der Waals surface area contributed by atoms with Crippen LogP contribution >= 0.6 is 0 Å². The van der Waals surface area contributed by atoms with Gasteiger partial charge >= 0.3 is 0 Å². The van der Waals surface area contributed by atoms with Gasteiger partial charge in [-0.25, -0.2) is 8.78 Å². The maximum Gasteiger partial charge on any atom is 0.251 e. The molecule has 2 heteroatoms. The first kappa shape index (κ1) is 14.8. The fourth-order valence-electron chi connectivity index (χ4n) is 5.67. The summed E-state index contributed by atoms with van der Waals surface area (Å²) in [7, 11) is 0. The van der Waals surface area contributed by atoms with E-state index >= 15 is 0 Å². The summed E-state index contributed by atoms with van der Waals surface area (Å²) in [6.45, 7) is 4.24. The molecule has 0 spiro atoms. The van der Waals surface area contributed by atoms with Crippen LogP contribution in [0.3, 0.4) is 0 Å². The van der Waals surface area contributed by atoms with Crippen LogP contribution in [0.1, 0.15) is 84.5 Å². The van der Waals surface area contributed by atoms with E-state index in [4.69, 9.17) is 0 Å². The van der Waals surface area contributed by atoms with Gasteiger partial charge in [0.15, 0.2) is 0 Å². The minimum Gasteiger partial charge on any atom is -0.207 e. The molecule has 2 atom stereocenters. The molecule has 0 aromatic rings. The molecule has 0 radical (unpaired) electrons. The fraction of sp³-hybridized carbons (Fsp3) is 1.00. The summed E-state index contributed by atoms with van der Waals surface area (Å²) in [6, 6.07) is 0. The van der Waals surface area contributed by atoms with Crippen LogP contribution in [0.4, 0.5) is 8.78 Å². The Kier molecular flexibility index (Phi) is 3.66. The Labute approximate surface area is 122 Å². The van der Waals surface area contributed by atoms with E-state index in [1.54, 1.807) is 0 Å². The second-order valence-electron chi connectivity index (χ2n) is 8.06. The van der Waals surface area contributed by atoms with Crippen LogP contribution in [0, 0.1) is 22.7 Å². The van der Waals surface area contributed by atoms with E-state index in [1.807, 2.05) is 6.92 Å². The molecule has 4 saturated carbocycles. The van der Waals surface area contributed by atoms with E-state index < -0.39 is 5.92 Å². The molecule has 0 saturated heterocycles. The number of hydrogen-bond donors (Lipinski definition) is 0. The molecular formula is C18H30F2. The van der Waals surface area contributed by atoms with Gasteiger partial charge in [-0.3, -0.25) is 0 Å². The lowest BCUT2D eigenvalue weighted by Gasteiger charge is -2.58. The van der Waals surface area contributed by atoms with Gasteiger partial charge in [-0.15, -0.1) is 0 Å². The maximum atomic E-state index is 14.3. The van der Waals surface area contributed by atoms with Crippen molar-refractivity contribution in [3.63, 3.8) is 0 Å². The van der Waals surface area contributed by atoms with Crippen LogP contribution in [0.2, 0.25) is 0 Å². The molecule has 0 aromatic carbocycles. The highest BCUT2D eigenvalue weighted by atomic mass is 19.3. The number of halogens is 2. The van der Waals surface area contributed by atoms with Crippen LogP contribution in [-0.2, 0) is 0 Å². The third-order valence-corrected chi connectivity index (χ3v) is 7.55. The molecule has 20 heavy (non-hydrogen) atoms. The van der Waals surface area contributed by atoms with Gasteiger partial charge in [0.1, 0.15) is 0 Å². The average Bonchev–Trinajstić information content (AvgIpc) is 2.48. The Balaban J connectivity index is 1.72. The highest BCUT2D eigenvalue weighted by Crippen LogP contribution is 2.64. The van der Waals surface area contributed by atoms with Crippen molar-refractivity contribution in [2.24, 2.45) is 22.7 Å². The van der Waals surface area contributed by atoms with Gasteiger partial charge in [0, 0.05) is 12.3 Å².